The predicted octanol–water partition coefficient (Wildman–Crippen LogP) is 7.33. The Balaban J connectivity index is 0.00000149. The van der Waals surface area contributed by atoms with E-state index < -0.39 is 28.3 Å². The highest BCUT2D eigenvalue weighted by atomic mass is 32.3. The van der Waals surface area contributed by atoms with Crippen molar-refractivity contribution in [2.24, 2.45) is 0 Å². The van der Waals surface area contributed by atoms with Gasteiger partial charge in [-0.05, 0) is 69.3 Å². The summed E-state index contributed by atoms with van der Waals surface area (Å²) in [5, 5.41) is 0. The zero-order chi connectivity index (χ0) is 40.3. The molecule has 0 bridgehead atoms. The van der Waals surface area contributed by atoms with Crippen molar-refractivity contribution in [3.05, 3.63) is 106 Å². The fraction of sp³-hybridized carbons (Fsp3) is 0.488. The van der Waals surface area contributed by atoms with Gasteiger partial charge in [-0.15, -0.1) is 0 Å². The molecule has 0 heterocycles. The number of hydrogen-bond donors (Lipinski definition) is 1. The summed E-state index contributed by atoms with van der Waals surface area (Å²) in [5.74, 6) is -1.19. The minimum Gasteiger partial charge on any atom is -0.456 e. The first-order valence-corrected chi connectivity index (χ1v) is 18.9. The molecule has 3 aromatic rings. The maximum atomic E-state index is 12.8. The first kappa shape index (κ1) is 45.1. The first-order chi connectivity index (χ1) is 24.3. The molecule has 0 aliphatic rings. The van der Waals surface area contributed by atoms with E-state index in [2.05, 4.69) is 66.5 Å². The normalized spacial score (nSPS) is 12.3. The lowest BCUT2D eigenvalue weighted by Gasteiger charge is -2.34. The van der Waals surface area contributed by atoms with Crippen LogP contribution in [-0.2, 0) is 45.0 Å². The Morgan fingerprint density at radius 2 is 0.736 bits per heavy atom. The van der Waals surface area contributed by atoms with E-state index in [4.69, 9.17) is 18.8 Å². The van der Waals surface area contributed by atoms with E-state index in [-0.39, 0.29) is 36.1 Å². The minimum atomic E-state index is -4.16. The Labute approximate surface area is 316 Å². The molecular weight excluding hydrogens is 699 g/mol. The van der Waals surface area contributed by atoms with Gasteiger partial charge in [-0.1, -0.05) is 98.7 Å². The molecule has 3 aromatic carbocycles. The van der Waals surface area contributed by atoms with Crippen molar-refractivity contribution in [2.75, 3.05) is 53.6 Å². The van der Waals surface area contributed by atoms with Crippen molar-refractivity contribution in [3.63, 3.8) is 0 Å². The second-order valence-corrected chi connectivity index (χ2v) is 17.5. The van der Waals surface area contributed by atoms with Crippen LogP contribution in [0.4, 0.5) is 0 Å². The Morgan fingerprint density at radius 1 is 0.528 bits per heavy atom. The van der Waals surface area contributed by atoms with Gasteiger partial charge in [-0.2, -0.15) is 8.42 Å². The molecule has 0 unspecified atom stereocenters. The topological polar surface area (TPSA) is 142 Å². The number of rotatable bonds is 13. The van der Waals surface area contributed by atoms with E-state index in [0.29, 0.717) is 40.8 Å². The van der Waals surface area contributed by atoms with Gasteiger partial charge in [0.1, 0.15) is 39.5 Å². The van der Waals surface area contributed by atoms with Crippen molar-refractivity contribution in [2.45, 2.75) is 78.6 Å². The average molecular weight is 757 g/mol. The summed E-state index contributed by atoms with van der Waals surface area (Å²) >= 11 is 0. The standard InChI is InChI=1S/C40H54NO6.CH4O4S/c1-38(2,3)32-17-11-29(12-18-32)35(42)45-26-23-41(10,24-27-46-36(43)30-13-19-33(20-14-30)39(4,5)6)25-28-47-37(44)31-15-21-34(22-16-31)40(7,8)9;1-5-6(2,3)4/h11-22H,23-28H2,1-10H3;1H3,(H,2,3,4)/q+1;. The number of likely N-dealkylation sites (N-methyl/N-ethyl adjacent to an activating group) is 1. The van der Waals surface area contributed by atoms with Crippen LogP contribution in [0.3, 0.4) is 0 Å². The number of carbonyl (C=O) groups is 3. The lowest BCUT2D eigenvalue weighted by atomic mass is 9.87. The number of quaternary nitrogens is 1. The Kier molecular flexibility index (Phi) is 16.0. The smallest absolute Gasteiger partial charge is 0.397 e. The highest BCUT2D eigenvalue weighted by molar-refractivity contribution is 7.80. The largest absolute Gasteiger partial charge is 0.456 e. The third-order valence-corrected chi connectivity index (χ3v) is 9.18. The highest BCUT2D eigenvalue weighted by Gasteiger charge is 2.25. The quantitative estimate of drug-likeness (QED) is 0.0815. The molecule has 0 aliphatic heterocycles. The van der Waals surface area contributed by atoms with Crippen LogP contribution in [0.15, 0.2) is 72.8 Å². The monoisotopic (exact) mass is 756 g/mol. The van der Waals surface area contributed by atoms with Crippen LogP contribution in [0.25, 0.3) is 0 Å². The Bertz CT molecular complexity index is 1560. The van der Waals surface area contributed by atoms with Crippen LogP contribution in [0.5, 0.6) is 0 Å². The van der Waals surface area contributed by atoms with Crippen LogP contribution in [0.2, 0.25) is 0 Å². The minimum absolute atomic E-state index is 0.0135. The molecule has 53 heavy (non-hydrogen) atoms. The van der Waals surface area contributed by atoms with Gasteiger partial charge in [0.05, 0.1) is 30.8 Å². The van der Waals surface area contributed by atoms with E-state index in [9.17, 15) is 22.8 Å². The summed E-state index contributed by atoms with van der Waals surface area (Å²) in [6, 6.07) is 22.4. The number of ether oxygens (including phenoxy) is 3. The third-order valence-electron chi connectivity index (χ3n) is 8.76. The van der Waals surface area contributed by atoms with Gasteiger partial charge >= 0.3 is 28.3 Å². The zero-order valence-corrected chi connectivity index (χ0v) is 34.0. The summed E-state index contributed by atoms with van der Waals surface area (Å²) in [7, 11) is -1.32. The van der Waals surface area contributed by atoms with Gasteiger partial charge in [-0.3, -0.25) is 8.74 Å². The molecule has 0 spiro atoms. The molecule has 0 aromatic heterocycles. The summed E-state index contributed by atoms with van der Waals surface area (Å²) in [6.45, 7) is 20.9. The number of nitrogens with zero attached hydrogens (tertiary/aromatic N) is 1. The van der Waals surface area contributed by atoms with Gasteiger partial charge < -0.3 is 18.7 Å². The molecule has 0 aliphatic carbocycles. The molecule has 1 N–H and O–H groups in total. The van der Waals surface area contributed by atoms with Gasteiger partial charge in [0.2, 0.25) is 0 Å². The zero-order valence-electron chi connectivity index (χ0n) is 33.1. The van der Waals surface area contributed by atoms with Gasteiger partial charge in [-0.25, -0.2) is 14.4 Å². The third kappa shape index (κ3) is 15.8. The number of hydrogen-bond acceptors (Lipinski definition) is 9. The second kappa shape index (κ2) is 18.8. The molecule has 292 valence electrons. The molecule has 12 heteroatoms. The maximum absolute atomic E-state index is 12.8. The van der Waals surface area contributed by atoms with Crippen LogP contribution < -0.4 is 0 Å². The molecule has 0 fully saturated rings. The maximum Gasteiger partial charge on any atom is 0.397 e. The molecule has 3 rings (SSSR count). The summed E-state index contributed by atoms with van der Waals surface area (Å²) < 4.78 is 47.0. The molecular formula is C41H58NO10S+. The SMILES string of the molecule is CC(C)(C)c1ccc(C(=O)OCC[N+](C)(CCOC(=O)c2ccc(C(C)(C)C)cc2)CCOC(=O)c2ccc(C(C)(C)C)cc2)cc1.COS(=O)(=O)O. The van der Waals surface area contributed by atoms with Gasteiger partial charge in [0.15, 0.2) is 0 Å². The Hall–Kier alpha value is -4.10. The van der Waals surface area contributed by atoms with E-state index in [1.165, 1.54) is 0 Å². The van der Waals surface area contributed by atoms with Crippen molar-refractivity contribution < 1.29 is 50.2 Å². The molecule has 0 saturated carbocycles. The number of benzene rings is 3. The lowest BCUT2D eigenvalue weighted by molar-refractivity contribution is -0.909. The summed E-state index contributed by atoms with van der Waals surface area (Å²) in [4.78, 5) is 38.4. The van der Waals surface area contributed by atoms with Crippen LogP contribution in [0.1, 0.15) is 110 Å². The number of esters is 3. The van der Waals surface area contributed by atoms with Crippen molar-refractivity contribution in [1.82, 2.24) is 0 Å². The van der Waals surface area contributed by atoms with Gasteiger partial charge in [0, 0.05) is 0 Å². The van der Waals surface area contributed by atoms with Gasteiger partial charge in [0.25, 0.3) is 0 Å². The predicted molar refractivity (Wildman–Crippen MR) is 206 cm³/mol. The molecule has 0 atom stereocenters. The Morgan fingerprint density at radius 3 is 0.906 bits per heavy atom. The fourth-order valence-electron chi connectivity index (χ4n) is 4.98. The summed E-state index contributed by atoms with van der Waals surface area (Å²) in [5.41, 5.74) is 4.84. The summed E-state index contributed by atoms with van der Waals surface area (Å²) in [6.07, 6.45) is 0. The molecule has 0 amide bonds. The molecule has 0 radical (unpaired) electrons. The van der Waals surface area contributed by atoms with E-state index in [1.54, 1.807) is 36.4 Å². The van der Waals surface area contributed by atoms with Crippen LogP contribution in [0, 0.1) is 0 Å². The van der Waals surface area contributed by atoms with Crippen molar-refractivity contribution >= 4 is 28.3 Å². The van der Waals surface area contributed by atoms with Crippen molar-refractivity contribution in [3.8, 4) is 0 Å². The number of carbonyl (C=O) groups excluding carboxylic acids is 3. The van der Waals surface area contributed by atoms with E-state index >= 15 is 0 Å². The second-order valence-electron chi connectivity index (χ2n) is 16.3. The molecule has 0 saturated heterocycles. The van der Waals surface area contributed by atoms with Crippen molar-refractivity contribution in [1.29, 1.82) is 0 Å². The first-order valence-electron chi connectivity index (χ1n) is 17.5. The van der Waals surface area contributed by atoms with E-state index in [1.807, 2.05) is 43.4 Å². The fourth-order valence-corrected chi connectivity index (χ4v) is 4.98. The molecule has 11 nitrogen and oxygen atoms in total. The lowest BCUT2D eigenvalue weighted by Crippen LogP contribution is -2.51. The van der Waals surface area contributed by atoms with E-state index in [0.717, 1.165) is 23.8 Å². The highest BCUT2D eigenvalue weighted by Crippen LogP contribution is 2.24. The van der Waals surface area contributed by atoms with Crippen LogP contribution >= 0.6 is 0 Å². The average Bonchev–Trinajstić information content (AvgIpc) is 3.07. The van der Waals surface area contributed by atoms with Crippen LogP contribution in [-0.4, -0.2) is 89.0 Å².